The van der Waals surface area contributed by atoms with Crippen LogP contribution in [0.5, 0.6) is 0 Å². The van der Waals surface area contributed by atoms with Crippen molar-refractivity contribution in [3.8, 4) is 11.1 Å². The van der Waals surface area contributed by atoms with Gasteiger partial charge in [-0.3, -0.25) is 9.40 Å². The van der Waals surface area contributed by atoms with E-state index in [9.17, 15) is 30.4 Å². The predicted octanol–water partition coefficient (Wildman–Crippen LogP) is 5.50. The van der Waals surface area contributed by atoms with E-state index in [-0.39, 0.29) is 10.5 Å². The lowest BCUT2D eigenvalue weighted by Crippen LogP contribution is -2.36. The topological polar surface area (TPSA) is 64.0 Å². The zero-order chi connectivity index (χ0) is 23.7. The number of aromatic nitrogens is 2. The van der Waals surface area contributed by atoms with Gasteiger partial charge in [0.1, 0.15) is 5.69 Å². The van der Waals surface area contributed by atoms with Gasteiger partial charge in [-0.25, -0.2) is 8.42 Å². The molecule has 0 aliphatic rings. The van der Waals surface area contributed by atoms with Crippen LogP contribution in [0.3, 0.4) is 0 Å². The molecule has 0 spiro atoms. The molecule has 0 aliphatic heterocycles. The van der Waals surface area contributed by atoms with Crippen molar-refractivity contribution in [2.24, 2.45) is 0 Å². The summed E-state index contributed by atoms with van der Waals surface area (Å²) in [5.41, 5.74) is -1.49. The maximum Gasteiger partial charge on any atom is 0.459 e. The zero-order valence-corrected chi connectivity index (χ0v) is 17.5. The molecule has 0 saturated heterocycles. The molecule has 1 N–H and O–H groups in total. The number of sulfonamides is 1. The van der Waals surface area contributed by atoms with Crippen LogP contribution in [0.25, 0.3) is 11.1 Å². The maximum atomic E-state index is 14.6. The molecule has 1 heterocycles. The predicted molar refractivity (Wildman–Crippen MR) is 110 cm³/mol. The lowest BCUT2D eigenvalue weighted by Gasteiger charge is -2.22. The van der Waals surface area contributed by atoms with Crippen molar-refractivity contribution in [1.29, 1.82) is 0 Å². The number of aryl methyl sites for hydroxylation is 1. The third-order valence-corrected chi connectivity index (χ3v) is 5.89. The average molecular weight is 471 g/mol. The normalized spacial score (nSPS) is 12.6. The standard InChI is InChI=1S/C21H18F5N3O2S/c1-3-13-29-18(20(22,23)21(24,25)26)17(15-11-9-14(2)10-12-15)19(27-29)28-32(30,31)16-7-5-4-6-8-16/h3-12H,1,13H2,2H3,(H,27,28). The van der Waals surface area contributed by atoms with Crippen LogP contribution in [0.4, 0.5) is 27.8 Å². The Hall–Kier alpha value is -3.21. The van der Waals surface area contributed by atoms with Crippen molar-refractivity contribution >= 4 is 15.8 Å². The largest absolute Gasteiger partial charge is 0.459 e. The van der Waals surface area contributed by atoms with Crippen LogP contribution < -0.4 is 4.72 Å². The second-order valence-electron chi connectivity index (χ2n) is 6.90. The fourth-order valence-corrected chi connectivity index (χ4v) is 4.05. The van der Waals surface area contributed by atoms with Gasteiger partial charge in [0.15, 0.2) is 5.82 Å². The molecule has 0 bridgehead atoms. The van der Waals surface area contributed by atoms with Crippen molar-refractivity contribution in [3.63, 3.8) is 0 Å². The van der Waals surface area contributed by atoms with Crippen molar-refractivity contribution in [1.82, 2.24) is 9.78 Å². The Morgan fingerprint density at radius 3 is 2.16 bits per heavy atom. The second kappa shape index (κ2) is 8.38. The van der Waals surface area contributed by atoms with Gasteiger partial charge in [0.05, 0.1) is 17.0 Å². The van der Waals surface area contributed by atoms with Crippen LogP contribution in [0.1, 0.15) is 11.3 Å². The zero-order valence-electron chi connectivity index (χ0n) is 16.7. The number of rotatable bonds is 7. The molecule has 3 aromatic rings. The second-order valence-corrected chi connectivity index (χ2v) is 8.58. The van der Waals surface area contributed by atoms with E-state index in [0.29, 0.717) is 4.68 Å². The molecule has 1 aromatic heterocycles. The number of alkyl halides is 5. The van der Waals surface area contributed by atoms with E-state index in [1.807, 2.05) is 0 Å². The summed E-state index contributed by atoms with van der Waals surface area (Å²) >= 11 is 0. The van der Waals surface area contributed by atoms with E-state index in [0.717, 1.165) is 11.6 Å². The maximum absolute atomic E-state index is 14.6. The average Bonchev–Trinajstić information content (AvgIpc) is 3.06. The summed E-state index contributed by atoms with van der Waals surface area (Å²) < 4.78 is 97.4. The summed E-state index contributed by atoms with van der Waals surface area (Å²) in [6.45, 7) is 4.56. The molecule has 0 saturated carbocycles. The molecule has 3 rings (SSSR count). The lowest BCUT2D eigenvalue weighted by atomic mass is 10.0. The Morgan fingerprint density at radius 1 is 1.03 bits per heavy atom. The molecule has 11 heteroatoms. The van der Waals surface area contributed by atoms with Crippen LogP contribution in [0.15, 0.2) is 72.1 Å². The van der Waals surface area contributed by atoms with E-state index in [1.165, 1.54) is 48.5 Å². The SMILES string of the molecule is C=CCn1nc(NS(=O)(=O)c2ccccc2)c(-c2ccc(C)cc2)c1C(F)(F)C(F)(F)F. The van der Waals surface area contributed by atoms with Gasteiger partial charge in [-0.2, -0.15) is 27.1 Å². The molecule has 0 fully saturated rings. The Kier molecular flexibility index (Phi) is 6.14. The van der Waals surface area contributed by atoms with Gasteiger partial charge in [-0.05, 0) is 24.6 Å². The first-order valence-electron chi connectivity index (χ1n) is 9.20. The Morgan fingerprint density at radius 2 is 1.62 bits per heavy atom. The number of halogens is 5. The monoisotopic (exact) mass is 471 g/mol. The minimum atomic E-state index is -5.94. The third-order valence-electron chi connectivity index (χ3n) is 4.53. The summed E-state index contributed by atoms with van der Waals surface area (Å²) in [7, 11) is -4.33. The molecule has 0 atom stereocenters. The van der Waals surface area contributed by atoms with Crippen molar-refractivity contribution in [2.75, 3.05) is 4.72 Å². The molecule has 32 heavy (non-hydrogen) atoms. The molecule has 5 nitrogen and oxygen atoms in total. The number of anilines is 1. The van der Waals surface area contributed by atoms with Gasteiger partial charge in [0, 0.05) is 0 Å². The first kappa shape index (κ1) is 23.5. The van der Waals surface area contributed by atoms with Crippen LogP contribution >= 0.6 is 0 Å². The minimum Gasteiger partial charge on any atom is -0.261 e. The quantitative estimate of drug-likeness (QED) is 0.366. The van der Waals surface area contributed by atoms with E-state index in [2.05, 4.69) is 16.4 Å². The molecule has 170 valence electrons. The van der Waals surface area contributed by atoms with Crippen LogP contribution in [-0.2, 0) is 22.5 Å². The van der Waals surface area contributed by atoms with Gasteiger partial charge < -0.3 is 0 Å². The molecular formula is C21H18F5N3O2S. The fourth-order valence-electron chi connectivity index (χ4n) is 3.02. The Bertz CT molecular complexity index is 1220. The van der Waals surface area contributed by atoms with Crippen LogP contribution in [0.2, 0.25) is 0 Å². The van der Waals surface area contributed by atoms with E-state index >= 15 is 0 Å². The fraction of sp³-hybridized carbons (Fsp3) is 0.190. The molecule has 0 radical (unpaired) electrons. The number of nitrogens with one attached hydrogen (secondary N) is 1. The highest BCUT2D eigenvalue weighted by Crippen LogP contribution is 2.49. The lowest BCUT2D eigenvalue weighted by molar-refractivity contribution is -0.291. The van der Waals surface area contributed by atoms with Gasteiger partial charge in [-0.1, -0.05) is 54.1 Å². The molecular weight excluding hydrogens is 453 g/mol. The van der Waals surface area contributed by atoms with Gasteiger partial charge in [0.2, 0.25) is 0 Å². The number of allylic oxidation sites excluding steroid dienone is 1. The number of hydrogen-bond acceptors (Lipinski definition) is 3. The molecule has 0 amide bonds. The van der Waals surface area contributed by atoms with E-state index < -0.39 is 45.7 Å². The van der Waals surface area contributed by atoms with Gasteiger partial charge in [-0.15, -0.1) is 6.58 Å². The number of benzene rings is 2. The highest BCUT2D eigenvalue weighted by Gasteiger charge is 2.62. The van der Waals surface area contributed by atoms with Crippen LogP contribution in [0, 0.1) is 6.92 Å². The summed E-state index contributed by atoms with van der Waals surface area (Å²) in [6, 6.07) is 12.6. The third kappa shape index (κ3) is 4.38. The van der Waals surface area contributed by atoms with Crippen molar-refractivity contribution in [2.45, 2.75) is 30.5 Å². The summed E-state index contributed by atoms with van der Waals surface area (Å²) in [5.74, 6) is -5.97. The minimum absolute atomic E-state index is 0.0596. The number of hydrogen-bond donors (Lipinski definition) is 1. The van der Waals surface area contributed by atoms with Crippen molar-refractivity contribution < 1.29 is 30.4 Å². The first-order chi connectivity index (χ1) is 14.9. The molecule has 0 unspecified atom stereocenters. The number of nitrogens with zero attached hydrogens (tertiary/aromatic N) is 2. The smallest absolute Gasteiger partial charge is 0.261 e. The molecule has 2 aromatic carbocycles. The highest BCUT2D eigenvalue weighted by atomic mass is 32.2. The van der Waals surface area contributed by atoms with E-state index in [4.69, 9.17) is 0 Å². The Balaban J connectivity index is 2.31. The summed E-state index contributed by atoms with van der Waals surface area (Å²) in [6.07, 6.45) is -4.86. The summed E-state index contributed by atoms with van der Waals surface area (Å²) in [5, 5.41) is 3.76. The highest BCUT2D eigenvalue weighted by molar-refractivity contribution is 7.92. The van der Waals surface area contributed by atoms with Gasteiger partial charge >= 0.3 is 12.1 Å². The van der Waals surface area contributed by atoms with E-state index in [1.54, 1.807) is 13.0 Å². The first-order valence-corrected chi connectivity index (χ1v) is 10.7. The van der Waals surface area contributed by atoms with Gasteiger partial charge in [0.25, 0.3) is 10.0 Å². The Labute approximate surface area is 181 Å². The molecule has 0 aliphatic carbocycles. The van der Waals surface area contributed by atoms with Crippen LogP contribution in [-0.4, -0.2) is 24.4 Å². The van der Waals surface area contributed by atoms with Crippen molar-refractivity contribution in [3.05, 3.63) is 78.5 Å². The summed E-state index contributed by atoms with van der Waals surface area (Å²) in [4.78, 5) is -0.211.